The smallest absolute Gasteiger partial charge is 0.255 e. The van der Waals surface area contributed by atoms with Crippen LogP contribution >= 0.6 is 11.6 Å². The molecule has 172 valence electrons. The molecular formula is C26H30ClN5O. The van der Waals surface area contributed by atoms with E-state index in [4.69, 9.17) is 11.6 Å². The molecule has 0 unspecified atom stereocenters. The molecule has 0 aliphatic carbocycles. The zero-order valence-corrected chi connectivity index (χ0v) is 19.6. The van der Waals surface area contributed by atoms with E-state index in [2.05, 4.69) is 44.1 Å². The van der Waals surface area contributed by atoms with Gasteiger partial charge in [0.05, 0.1) is 5.57 Å². The third-order valence-electron chi connectivity index (χ3n) is 6.80. The number of hydrogen-bond donors (Lipinski definition) is 0. The Labute approximate surface area is 200 Å². The van der Waals surface area contributed by atoms with E-state index >= 15 is 0 Å². The average Bonchev–Trinajstić information content (AvgIpc) is 3.33. The van der Waals surface area contributed by atoms with Crippen LogP contribution in [0.2, 0.25) is 5.02 Å². The molecule has 1 amide bonds. The van der Waals surface area contributed by atoms with Gasteiger partial charge in [-0.15, -0.1) is 0 Å². The molecule has 1 aromatic heterocycles. The van der Waals surface area contributed by atoms with Crippen molar-refractivity contribution in [3.63, 3.8) is 0 Å². The lowest BCUT2D eigenvalue weighted by Gasteiger charge is -2.37. The second kappa shape index (κ2) is 9.98. The van der Waals surface area contributed by atoms with Crippen LogP contribution < -0.4 is 4.90 Å². The Kier molecular flexibility index (Phi) is 6.65. The first-order valence-corrected chi connectivity index (χ1v) is 12.1. The molecule has 0 spiro atoms. The molecule has 1 atom stereocenters. The third kappa shape index (κ3) is 5.23. The van der Waals surface area contributed by atoms with Crippen LogP contribution in [0.1, 0.15) is 12.0 Å². The summed E-state index contributed by atoms with van der Waals surface area (Å²) in [6.45, 7) is 7.06. The van der Waals surface area contributed by atoms with Crippen molar-refractivity contribution in [2.45, 2.75) is 19.0 Å². The number of rotatable bonds is 5. The van der Waals surface area contributed by atoms with Crippen LogP contribution in [0.3, 0.4) is 0 Å². The lowest BCUT2D eigenvalue weighted by Crippen LogP contribution is -2.49. The summed E-state index contributed by atoms with van der Waals surface area (Å²) in [7, 11) is 0. The standard InChI is InChI=1S/C26H30ClN5O/c27-23-3-5-24(6-4-23)30-14-16-31(17-15-30)26(33)22-2-1-12-32(19-22)25-9-13-29(20-25)18-21-7-10-28-11-8-21/h1-8,10-11,19,25H,9,12-18,20H2/t25-/m0/s1. The molecule has 2 saturated heterocycles. The first-order chi connectivity index (χ1) is 16.2. The molecule has 7 heteroatoms. The number of piperazine rings is 1. The van der Waals surface area contributed by atoms with Crippen LogP contribution in [0.15, 0.2) is 72.7 Å². The van der Waals surface area contributed by atoms with Gasteiger partial charge in [-0.1, -0.05) is 23.8 Å². The van der Waals surface area contributed by atoms with E-state index in [1.165, 1.54) is 5.56 Å². The Morgan fingerprint density at radius 3 is 2.52 bits per heavy atom. The quantitative estimate of drug-likeness (QED) is 0.679. The predicted octanol–water partition coefficient (Wildman–Crippen LogP) is 3.41. The Morgan fingerprint density at radius 2 is 1.76 bits per heavy atom. The van der Waals surface area contributed by atoms with E-state index in [0.29, 0.717) is 6.04 Å². The molecule has 3 aliphatic heterocycles. The van der Waals surface area contributed by atoms with Crippen LogP contribution in [0.25, 0.3) is 0 Å². The van der Waals surface area contributed by atoms with Gasteiger partial charge in [-0.2, -0.15) is 0 Å². The predicted molar refractivity (Wildman–Crippen MR) is 132 cm³/mol. The van der Waals surface area contributed by atoms with Crippen molar-refractivity contribution in [2.75, 3.05) is 50.7 Å². The minimum Gasteiger partial charge on any atom is -0.369 e. The number of halogens is 1. The molecule has 2 fully saturated rings. The number of anilines is 1. The summed E-state index contributed by atoms with van der Waals surface area (Å²) >= 11 is 6.01. The maximum absolute atomic E-state index is 13.2. The highest BCUT2D eigenvalue weighted by molar-refractivity contribution is 6.30. The zero-order valence-electron chi connectivity index (χ0n) is 18.8. The van der Waals surface area contributed by atoms with Crippen LogP contribution in [0, 0.1) is 0 Å². The maximum atomic E-state index is 13.2. The van der Waals surface area contributed by atoms with Gasteiger partial charge in [-0.25, -0.2) is 0 Å². The summed E-state index contributed by atoms with van der Waals surface area (Å²) in [4.78, 5) is 26.5. The second-order valence-corrected chi connectivity index (χ2v) is 9.41. The zero-order chi connectivity index (χ0) is 22.6. The summed E-state index contributed by atoms with van der Waals surface area (Å²) < 4.78 is 0. The molecule has 0 radical (unpaired) electrons. The van der Waals surface area contributed by atoms with Crippen molar-refractivity contribution >= 4 is 23.2 Å². The van der Waals surface area contributed by atoms with Crippen molar-refractivity contribution in [3.8, 4) is 0 Å². The Hall–Kier alpha value is -2.83. The largest absolute Gasteiger partial charge is 0.369 e. The van der Waals surface area contributed by atoms with Crippen molar-refractivity contribution in [1.82, 2.24) is 19.7 Å². The molecule has 6 nitrogen and oxygen atoms in total. The molecule has 4 heterocycles. The summed E-state index contributed by atoms with van der Waals surface area (Å²) in [5.41, 5.74) is 3.26. The fourth-order valence-corrected chi connectivity index (χ4v) is 5.06. The van der Waals surface area contributed by atoms with Crippen LogP contribution in [0.5, 0.6) is 0 Å². The Bertz CT molecular complexity index is 1010. The maximum Gasteiger partial charge on any atom is 0.255 e. The van der Waals surface area contributed by atoms with E-state index in [0.717, 1.165) is 75.1 Å². The molecular weight excluding hydrogens is 434 g/mol. The van der Waals surface area contributed by atoms with Gasteiger partial charge in [-0.3, -0.25) is 14.7 Å². The topological polar surface area (TPSA) is 42.9 Å². The van der Waals surface area contributed by atoms with Gasteiger partial charge in [0, 0.05) is 87.7 Å². The second-order valence-electron chi connectivity index (χ2n) is 8.97. The monoisotopic (exact) mass is 463 g/mol. The van der Waals surface area contributed by atoms with Crippen molar-refractivity contribution in [1.29, 1.82) is 0 Å². The van der Waals surface area contributed by atoms with E-state index < -0.39 is 0 Å². The number of hydrogen-bond acceptors (Lipinski definition) is 5. The van der Waals surface area contributed by atoms with E-state index in [1.54, 1.807) is 0 Å². The highest BCUT2D eigenvalue weighted by atomic mass is 35.5. The molecule has 0 saturated carbocycles. The van der Waals surface area contributed by atoms with Gasteiger partial charge in [0.1, 0.15) is 0 Å². The lowest BCUT2D eigenvalue weighted by atomic mass is 10.1. The SMILES string of the molecule is O=C(C1=CN([C@H]2CCN(Cc3ccncc3)C2)CC=C1)N1CCN(c2ccc(Cl)cc2)CC1. The van der Waals surface area contributed by atoms with Crippen molar-refractivity contribution in [3.05, 3.63) is 83.3 Å². The van der Waals surface area contributed by atoms with Gasteiger partial charge in [0.15, 0.2) is 0 Å². The number of carbonyl (C=O) groups is 1. The number of amides is 1. The lowest BCUT2D eigenvalue weighted by molar-refractivity contribution is -0.127. The number of pyridine rings is 1. The highest BCUT2D eigenvalue weighted by Gasteiger charge is 2.29. The van der Waals surface area contributed by atoms with Gasteiger partial charge in [0.2, 0.25) is 0 Å². The summed E-state index contributed by atoms with van der Waals surface area (Å²) in [5.74, 6) is 0.137. The van der Waals surface area contributed by atoms with Gasteiger partial charge in [-0.05, 0) is 48.4 Å². The van der Waals surface area contributed by atoms with Crippen LogP contribution in [-0.4, -0.2) is 77.4 Å². The number of likely N-dealkylation sites (tertiary alicyclic amines) is 1. The van der Waals surface area contributed by atoms with Gasteiger partial charge < -0.3 is 14.7 Å². The van der Waals surface area contributed by atoms with E-state index in [1.807, 2.05) is 47.6 Å². The average molecular weight is 464 g/mol. The minimum atomic E-state index is 0.137. The first kappa shape index (κ1) is 22.0. The minimum absolute atomic E-state index is 0.137. The van der Waals surface area contributed by atoms with Crippen molar-refractivity contribution < 1.29 is 4.79 Å². The molecule has 5 rings (SSSR count). The molecule has 0 N–H and O–H groups in total. The number of carbonyl (C=O) groups excluding carboxylic acids is 1. The summed E-state index contributed by atoms with van der Waals surface area (Å²) in [6.07, 6.45) is 11.0. The van der Waals surface area contributed by atoms with Gasteiger partial charge >= 0.3 is 0 Å². The third-order valence-corrected chi connectivity index (χ3v) is 7.05. The molecule has 0 bridgehead atoms. The normalized spacial score (nSPS) is 21.4. The van der Waals surface area contributed by atoms with Crippen LogP contribution in [0.4, 0.5) is 5.69 Å². The Morgan fingerprint density at radius 1 is 1.00 bits per heavy atom. The fourth-order valence-electron chi connectivity index (χ4n) is 4.93. The number of aromatic nitrogens is 1. The fraction of sp³-hybridized carbons (Fsp3) is 0.385. The van der Waals surface area contributed by atoms with Crippen LogP contribution in [-0.2, 0) is 11.3 Å². The van der Waals surface area contributed by atoms with E-state index in [-0.39, 0.29) is 5.91 Å². The Balaban J connectivity index is 1.16. The molecule has 2 aromatic rings. The van der Waals surface area contributed by atoms with Crippen molar-refractivity contribution in [2.24, 2.45) is 0 Å². The summed E-state index contributed by atoms with van der Waals surface area (Å²) in [6, 6.07) is 12.5. The highest BCUT2D eigenvalue weighted by Crippen LogP contribution is 2.23. The number of nitrogens with zero attached hydrogens (tertiary/aromatic N) is 5. The molecule has 1 aromatic carbocycles. The first-order valence-electron chi connectivity index (χ1n) is 11.7. The molecule has 33 heavy (non-hydrogen) atoms. The van der Waals surface area contributed by atoms with E-state index in [9.17, 15) is 4.79 Å². The summed E-state index contributed by atoms with van der Waals surface area (Å²) in [5, 5.41) is 0.746. The molecule has 3 aliphatic rings. The van der Waals surface area contributed by atoms with Gasteiger partial charge in [0.25, 0.3) is 5.91 Å². The number of benzene rings is 1.